The third-order valence-corrected chi connectivity index (χ3v) is 17.5. The van der Waals surface area contributed by atoms with Crippen molar-refractivity contribution in [3.05, 3.63) is 0 Å². The third-order valence-electron chi connectivity index (χ3n) is 15.6. The second-order valence-corrected chi connectivity index (χ2v) is 27.0. The molecule has 0 heterocycles. The molecule has 0 fully saturated rings. The summed E-state index contributed by atoms with van der Waals surface area (Å²) in [6.07, 6.45) is 44.7. The van der Waals surface area contributed by atoms with Crippen molar-refractivity contribution in [3.8, 4) is 0 Å². The molecule has 0 spiro atoms. The molecule has 3 N–H and O–H groups in total. The third kappa shape index (κ3) is 59.5. The Morgan fingerprint density at radius 2 is 0.565 bits per heavy atom. The molecule has 0 saturated carbocycles. The van der Waals surface area contributed by atoms with E-state index in [1.54, 1.807) is 0 Å². The predicted octanol–water partition coefficient (Wildman–Crippen LogP) is 18.6. The summed E-state index contributed by atoms with van der Waals surface area (Å²) in [5.74, 6) is -1.37. The van der Waals surface area contributed by atoms with Crippen molar-refractivity contribution in [2.45, 2.75) is 355 Å². The van der Waals surface area contributed by atoms with Gasteiger partial charge in [-0.1, -0.05) is 285 Å². The Hall–Kier alpha value is -1.94. The highest BCUT2D eigenvalue weighted by Crippen LogP contribution is 2.45. The molecular formula is C66H128O17P2. The summed E-state index contributed by atoms with van der Waals surface area (Å²) >= 11 is 0. The highest BCUT2D eigenvalue weighted by Gasteiger charge is 2.30. The first-order valence-electron chi connectivity index (χ1n) is 34.7. The zero-order valence-corrected chi connectivity index (χ0v) is 56.5. The number of unbranched alkanes of at least 4 members (excludes halogenated alkanes) is 37. The van der Waals surface area contributed by atoms with E-state index in [1.807, 2.05) is 0 Å². The molecule has 0 rings (SSSR count). The summed E-state index contributed by atoms with van der Waals surface area (Å²) in [6, 6.07) is 0. The first-order chi connectivity index (χ1) is 41.1. The topological polar surface area (TPSA) is 237 Å². The van der Waals surface area contributed by atoms with E-state index in [1.165, 1.54) is 154 Å². The molecule has 0 aliphatic carbocycles. The van der Waals surface area contributed by atoms with Crippen molar-refractivity contribution < 1.29 is 80.2 Å². The molecule has 0 aromatic rings. The summed E-state index contributed by atoms with van der Waals surface area (Å²) < 4.78 is 67.9. The SMILES string of the molecule is CCCCCCCCCCCCCCCCCC(=O)O[C@H](COC(=O)CCCCCCCCCCCCCCC)COP(=O)(O)OC[C@@H](O)COP(=O)(O)OC[C@@H](COC(=O)CCCCCCC)OC(=O)CCCCCCCCCCC(C)CC. The van der Waals surface area contributed by atoms with Gasteiger partial charge < -0.3 is 33.8 Å². The van der Waals surface area contributed by atoms with Gasteiger partial charge in [-0.2, -0.15) is 0 Å². The number of ether oxygens (including phenoxy) is 4. The molecule has 6 atom stereocenters. The van der Waals surface area contributed by atoms with Gasteiger partial charge in [0.1, 0.15) is 19.3 Å². The molecule has 0 radical (unpaired) electrons. The van der Waals surface area contributed by atoms with E-state index < -0.39 is 97.5 Å². The standard InChI is InChI=1S/C66H128O17P2/c1-6-10-13-16-18-20-22-24-25-27-29-31-36-41-46-51-65(70)83-62(56-77-64(69)50-45-40-35-30-28-26-23-21-19-17-14-11-7-2)58-81-85(74,75)79-54-60(67)53-78-84(72,73)80-57-61(55-76-63(68)49-44-38-15-12-8-3)82-66(71)52-47-42-37-33-32-34-39-43-48-59(5)9-4/h59-62,67H,6-58H2,1-5H3,(H,72,73)(H,74,75)/t59?,60-,61+,62+/m0/s1. The van der Waals surface area contributed by atoms with Gasteiger partial charge >= 0.3 is 39.5 Å². The first kappa shape index (κ1) is 83.1. The Kier molecular flexibility index (Phi) is 58.3. The molecule has 504 valence electrons. The number of aliphatic hydroxyl groups is 1. The maximum atomic E-state index is 13.0. The zero-order valence-electron chi connectivity index (χ0n) is 54.7. The fourth-order valence-corrected chi connectivity index (χ4v) is 11.5. The largest absolute Gasteiger partial charge is 0.472 e. The lowest BCUT2D eigenvalue weighted by atomic mass is 9.99. The van der Waals surface area contributed by atoms with Crippen molar-refractivity contribution >= 4 is 39.5 Å². The summed E-state index contributed by atoms with van der Waals surface area (Å²) in [4.78, 5) is 72.1. The highest BCUT2D eigenvalue weighted by atomic mass is 31.2. The van der Waals surface area contributed by atoms with E-state index in [0.717, 1.165) is 102 Å². The smallest absolute Gasteiger partial charge is 0.462 e. The van der Waals surface area contributed by atoms with E-state index in [-0.39, 0.29) is 25.7 Å². The van der Waals surface area contributed by atoms with Crippen LogP contribution < -0.4 is 0 Å². The number of hydrogen-bond donors (Lipinski definition) is 3. The molecule has 0 aliphatic rings. The molecule has 19 heteroatoms. The first-order valence-corrected chi connectivity index (χ1v) is 37.7. The van der Waals surface area contributed by atoms with Crippen LogP contribution in [0.2, 0.25) is 0 Å². The van der Waals surface area contributed by atoms with Crippen LogP contribution in [0.1, 0.15) is 336 Å². The Balaban J connectivity index is 5.18. The number of carbonyl (C=O) groups excluding carboxylic acids is 4. The van der Waals surface area contributed by atoms with Crippen LogP contribution in [0.4, 0.5) is 0 Å². The molecule has 0 saturated heterocycles. The second kappa shape index (κ2) is 59.7. The molecule has 0 amide bonds. The summed E-state index contributed by atoms with van der Waals surface area (Å²) in [5, 5.41) is 10.5. The number of esters is 4. The van der Waals surface area contributed by atoms with Gasteiger partial charge in [-0.15, -0.1) is 0 Å². The van der Waals surface area contributed by atoms with Crippen LogP contribution in [-0.2, 0) is 65.4 Å². The van der Waals surface area contributed by atoms with Gasteiger partial charge in [-0.3, -0.25) is 37.3 Å². The number of rotatable bonds is 66. The summed E-state index contributed by atoms with van der Waals surface area (Å²) in [7, 11) is -9.88. The van der Waals surface area contributed by atoms with Crippen molar-refractivity contribution in [1.29, 1.82) is 0 Å². The van der Waals surface area contributed by atoms with Gasteiger partial charge in [-0.25, -0.2) is 9.13 Å². The van der Waals surface area contributed by atoms with Gasteiger partial charge in [0, 0.05) is 25.7 Å². The van der Waals surface area contributed by atoms with Gasteiger partial charge in [-0.05, 0) is 31.6 Å². The lowest BCUT2D eigenvalue weighted by Crippen LogP contribution is -2.30. The lowest BCUT2D eigenvalue weighted by molar-refractivity contribution is -0.161. The number of phosphoric acid groups is 2. The molecule has 0 bridgehead atoms. The van der Waals surface area contributed by atoms with Crippen molar-refractivity contribution in [3.63, 3.8) is 0 Å². The molecule has 0 aromatic carbocycles. The van der Waals surface area contributed by atoms with Crippen molar-refractivity contribution in [1.82, 2.24) is 0 Å². The quantitative estimate of drug-likeness (QED) is 0.0222. The van der Waals surface area contributed by atoms with E-state index in [0.29, 0.717) is 25.7 Å². The fraction of sp³-hybridized carbons (Fsp3) is 0.939. The van der Waals surface area contributed by atoms with Gasteiger partial charge in [0.25, 0.3) is 0 Å². The second-order valence-electron chi connectivity index (χ2n) is 24.1. The Morgan fingerprint density at radius 3 is 0.835 bits per heavy atom. The van der Waals surface area contributed by atoms with Crippen LogP contribution in [0, 0.1) is 5.92 Å². The Labute approximate surface area is 517 Å². The molecule has 17 nitrogen and oxygen atoms in total. The van der Waals surface area contributed by atoms with Crippen LogP contribution >= 0.6 is 15.6 Å². The van der Waals surface area contributed by atoms with E-state index >= 15 is 0 Å². The number of phosphoric ester groups is 2. The fourth-order valence-electron chi connectivity index (χ4n) is 9.90. The average Bonchev–Trinajstić information content (AvgIpc) is 3.48. The summed E-state index contributed by atoms with van der Waals surface area (Å²) in [5.41, 5.74) is 0. The molecule has 85 heavy (non-hydrogen) atoms. The van der Waals surface area contributed by atoms with Crippen LogP contribution in [0.3, 0.4) is 0 Å². The highest BCUT2D eigenvalue weighted by molar-refractivity contribution is 7.47. The number of carbonyl (C=O) groups is 4. The minimum absolute atomic E-state index is 0.104. The normalized spacial score (nSPS) is 14.5. The van der Waals surface area contributed by atoms with Gasteiger partial charge in [0.05, 0.1) is 26.4 Å². The monoisotopic (exact) mass is 1250 g/mol. The Morgan fingerprint density at radius 1 is 0.329 bits per heavy atom. The molecular weight excluding hydrogens is 1130 g/mol. The van der Waals surface area contributed by atoms with Crippen LogP contribution in [-0.4, -0.2) is 96.7 Å². The van der Waals surface area contributed by atoms with Gasteiger partial charge in [0.15, 0.2) is 12.2 Å². The maximum absolute atomic E-state index is 13.0. The maximum Gasteiger partial charge on any atom is 0.472 e. The summed E-state index contributed by atoms with van der Waals surface area (Å²) in [6.45, 7) is 7.13. The minimum atomic E-state index is -4.94. The van der Waals surface area contributed by atoms with E-state index in [9.17, 15) is 43.2 Å². The van der Waals surface area contributed by atoms with E-state index in [2.05, 4.69) is 34.6 Å². The zero-order chi connectivity index (χ0) is 62.8. The van der Waals surface area contributed by atoms with E-state index in [4.69, 9.17) is 37.0 Å². The molecule has 0 aliphatic heterocycles. The van der Waals surface area contributed by atoms with Crippen LogP contribution in [0.25, 0.3) is 0 Å². The van der Waals surface area contributed by atoms with Crippen molar-refractivity contribution in [2.24, 2.45) is 5.92 Å². The lowest BCUT2D eigenvalue weighted by Gasteiger charge is -2.21. The predicted molar refractivity (Wildman–Crippen MR) is 340 cm³/mol. The molecule has 3 unspecified atom stereocenters. The molecule has 0 aromatic heterocycles. The average molecular weight is 1260 g/mol. The van der Waals surface area contributed by atoms with Crippen LogP contribution in [0.15, 0.2) is 0 Å². The number of hydrogen-bond acceptors (Lipinski definition) is 15. The van der Waals surface area contributed by atoms with Crippen LogP contribution in [0.5, 0.6) is 0 Å². The minimum Gasteiger partial charge on any atom is -0.462 e. The van der Waals surface area contributed by atoms with Crippen molar-refractivity contribution in [2.75, 3.05) is 39.6 Å². The Bertz CT molecular complexity index is 1650. The number of aliphatic hydroxyl groups excluding tert-OH is 1. The van der Waals surface area contributed by atoms with Gasteiger partial charge in [0.2, 0.25) is 0 Å².